The molecule has 5 rings (SSSR count). The van der Waals surface area contributed by atoms with E-state index in [1.54, 1.807) is 12.3 Å². The van der Waals surface area contributed by atoms with Crippen molar-refractivity contribution < 1.29 is 4.39 Å². The number of hydrogen-bond acceptors (Lipinski definition) is 2. The molecule has 6 heteroatoms. The van der Waals surface area contributed by atoms with E-state index in [4.69, 9.17) is 12.2 Å². The Kier molecular flexibility index (Phi) is 5.70. The first-order valence-corrected chi connectivity index (χ1v) is 11.8. The van der Waals surface area contributed by atoms with Crippen LogP contribution in [0, 0.1) is 33.5 Å². The number of halogens is 1. The van der Waals surface area contributed by atoms with Gasteiger partial charge < -0.3 is 14.8 Å². The van der Waals surface area contributed by atoms with E-state index in [1.807, 2.05) is 48.7 Å². The molecule has 2 aromatic heterocycles. The SMILES string of the molecule is Cc1cc(C)cc(N2C(=S)N[C@@H](c3ccccn3)[C@H]2c2cc(C)n(-c3ccccc3F)c2C)c1. The topological polar surface area (TPSA) is 33.1 Å². The lowest BCUT2D eigenvalue weighted by Gasteiger charge is -2.29. The first-order valence-electron chi connectivity index (χ1n) is 11.4. The Hall–Kier alpha value is -3.51. The van der Waals surface area contributed by atoms with Crippen LogP contribution in [0.1, 0.15) is 45.9 Å². The van der Waals surface area contributed by atoms with Gasteiger partial charge in [-0.3, -0.25) is 4.98 Å². The van der Waals surface area contributed by atoms with Gasteiger partial charge in [-0.05, 0) is 99.1 Å². The number of pyridine rings is 1. The summed E-state index contributed by atoms with van der Waals surface area (Å²) in [5.74, 6) is -0.247. The summed E-state index contributed by atoms with van der Waals surface area (Å²) in [5, 5.41) is 4.18. The summed E-state index contributed by atoms with van der Waals surface area (Å²) in [4.78, 5) is 6.83. The number of rotatable bonds is 4. The van der Waals surface area contributed by atoms with Gasteiger partial charge in [0.1, 0.15) is 5.82 Å². The highest BCUT2D eigenvalue weighted by Gasteiger charge is 2.42. The molecule has 2 atom stereocenters. The lowest BCUT2D eigenvalue weighted by Crippen LogP contribution is -2.29. The Balaban J connectivity index is 1.71. The van der Waals surface area contributed by atoms with Gasteiger partial charge in [0.05, 0.1) is 23.5 Å². The van der Waals surface area contributed by atoms with Crippen molar-refractivity contribution in [2.45, 2.75) is 39.8 Å². The molecule has 1 saturated heterocycles. The van der Waals surface area contributed by atoms with Gasteiger partial charge in [-0.15, -0.1) is 0 Å². The fraction of sp³-hybridized carbons (Fsp3) is 0.214. The van der Waals surface area contributed by atoms with Crippen LogP contribution in [0.2, 0.25) is 0 Å². The number of thiocarbonyl (C=S) groups is 1. The van der Waals surface area contributed by atoms with E-state index in [2.05, 4.69) is 53.3 Å². The molecule has 2 aromatic carbocycles. The van der Waals surface area contributed by atoms with Gasteiger partial charge in [0.15, 0.2) is 5.11 Å². The predicted octanol–water partition coefficient (Wildman–Crippen LogP) is 6.42. The zero-order valence-corrected chi connectivity index (χ0v) is 20.5. The van der Waals surface area contributed by atoms with Crippen LogP contribution in [0.5, 0.6) is 0 Å². The van der Waals surface area contributed by atoms with Gasteiger partial charge in [0, 0.05) is 23.3 Å². The summed E-state index contributed by atoms with van der Waals surface area (Å²) >= 11 is 5.88. The molecule has 0 saturated carbocycles. The van der Waals surface area contributed by atoms with Crippen LogP contribution in [0.25, 0.3) is 5.69 Å². The van der Waals surface area contributed by atoms with Crippen LogP contribution < -0.4 is 10.2 Å². The average molecular weight is 471 g/mol. The average Bonchev–Trinajstić information content (AvgIpc) is 3.29. The molecule has 0 bridgehead atoms. The van der Waals surface area contributed by atoms with Gasteiger partial charge >= 0.3 is 0 Å². The van der Waals surface area contributed by atoms with Crippen molar-refractivity contribution in [1.29, 1.82) is 0 Å². The minimum Gasteiger partial charge on any atom is -0.351 e. The fourth-order valence-electron chi connectivity index (χ4n) is 5.13. The predicted molar refractivity (Wildman–Crippen MR) is 139 cm³/mol. The molecule has 0 unspecified atom stereocenters. The molecular formula is C28H27FN4S. The summed E-state index contributed by atoms with van der Waals surface area (Å²) in [7, 11) is 0. The number of nitrogens with one attached hydrogen (secondary N) is 1. The van der Waals surface area contributed by atoms with Crippen molar-refractivity contribution in [3.8, 4) is 5.69 Å². The molecule has 0 radical (unpaired) electrons. The quantitative estimate of drug-likeness (QED) is 0.349. The van der Waals surface area contributed by atoms with Crippen LogP contribution in [-0.4, -0.2) is 14.7 Å². The Morgan fingerprint density at radius 1 is 0.912 bits per heavy atom. The number of aromatic nitrogens is 2. The second-order valence-electron chi connectivity index (χ2n) is 8.96. The monoisotopic (exact) mass is 470 g/mol. The maximum Gasteiger partial charge on any atom is 0.174 e. The molecule has 172 valence electrons. The number of hydrogen-bond donors (Lipinski definition) is 1. The minimum absolute atomic E-state index is 0.143. The number of benzene rings is 2. The molecule has 34 heavy (non-hydrogen) atoms. The molecule has 0 aliphatic carbocycles. The third-order valence-corrected chi connectivity index (χ3v) is 6.78. The van der Waals surface area contributed by atoms with E-state index in [1.165, 1.54) is 17.2 Å². The van der Waals surface area contributed by atoms with Crippen molar-refractivity contribution in [2.24, 2.45) is 0 Å². The highest BCUT2D eigenvalue weighted by Crippen LogP contribution is 2.44. The second-order valence-corrected chi connectivity index (χ2v) is 9.34. The highest BCUT2D eigenvalue weighted by molar-refractivity contribution is 7.80. The van der Waals surface area contributed by atoms with Crippen LogP contribution in [0.4, 0.5) is 10.1 Å². The largest absolute Gasteiger partial charge is 0.351 e. The molecule has 3 heterocycles. The molecule has 4 aromatic rings. The van der Waals surface area contributed by atoms with Gasteiger partial charge in [-0.1, -0.05) is 24.3 Å². The van der Waals surface area contributed by atoms with Crippen molar-refractivity contribution >= 4 is 23.0 Å². The Bertz CT molecular complexity index is 1360. The first-order chi connectivity index (χ1) is 16.3. The number of para-hydroxylation sites is 1. The van der Waals surface area contributed by atoms with Crippen molar-refractivity contribution in [1.82, 2.24) is 14.9 Å². The summed E-state index contributed by atoms with van der Waals surface area (Å²) in [6.45, 7) is 8.25. The van der Waals surface area contributed by atoms with Crippen molar-refractivity contribution in [2.75, 3.05) is 4.90 Å². The zero-order valence-electron chi connectivity index (χ0n) is 19.7. The number of aryl methyl sites for hydroxylation is 3. The lowest BCUT2D eigenvalue weighted by atomic mass is 9.96. The van der Waals surface area contributed by atoms with Crippen molar-refractivity contribution in [3.05, 3.63) is 113 Å². The zero-order chi connectivity index (χ0) is 24.0. The van der Waals surface area contributed by atoms with Crippen molar-refractivity contribution in [3.63, 3.8) is 0 Å². The number of nitrogens with zero attached hydrogens (tertiary/aromatic N) is 3. The van der Waals surface area contributed by atoms with Gasteiger partial charge in [-0.25, -0.2) is 4.39 Å². The molecule has 1 fully saturated rings. The smallest absolute Gasteiger partial charge is 0.174 e. The molecule has 1 aliphatic rings. The summed E-state index contributed by atoms with van der Waals surface area (Å²) in [5.41, 5.74) is 7.88. The second kappa shape index (κ2) is 8.69. The van der Waals surface area contributed by atoms with E-state index < -0.39 is 0 Å². The van der Waals surface area contributed by atoms with E-state index in [0.717, 1.165) is 28.3 Å². The molecule has 1 aliphatic heterocycles. The standard InChI is InChI=1S/C28H27FN4S/c1-17-13-18(2)15-21(14-17)33-27(26(31-28(33)34)24-10-7-8-12-30-24)22-16-19(3)32(20(22)4)25-11-6-5-9-23(25)29/h5-16,26-27H,1-4H3,(H,31,34)/t26-,27+/m0/s1. The lowest BCUT2D eigenvalue weighted by molar-refractivity contribution is 0.564. The third kappa shape index (κ3) is 3.78. The van der Waals surface area contributed by atoms with E-state index in [0.29, 0.717) is 10.8 Å². The van der Waals surface area contributed by atoms with Gasteiger partial charge in [-0.2, -0.15) is 0 Å². The van der Waals surface area contributed by atoms with Crippen LogP contribution in [-0.2, 0) is 0 Å². The third-order valence-electron chi connectivity index (χ3n) is 6.46. The fourth-order valence-corrected chi connectivity index (χ4v) is 5.48. The van der Waals surface area contributed by atoms with Gasteiger partial charge in [0.25, 0.3) is 0 Å². The minimum atomic E-state index is -0.247. The highest BCUT2D eigenvalue weighted by atomic mass is 32.1. The Labute approximate surface area is 205 Å². The Morgan fingerprint density at radius 3 is 2.29 bits per heavy atom. The normalized spacial score (nSPS) is 17.8. The van der Waals surface area contributed by atoms with Crippen LogP contribution >= 0.6 is 12.2 Å². The maximum absolute atomic E-state index is 14.8. The molecular weight excluding hydrogens is 443 g/mol. The molecule has 0 spiro atoms. The molecule has 0 amide bonds. The van der Waals surface area contributed by atoms with Crippen LogP contribution in [0.3, 0.4) is 0 Å². The summed E-state index contributed by atoms with van der Waals surface area (Å²) in [6.07, 6.45) is 1.80. The molecule has 1 N–H and O–H groups in total. The van der Waals surface area contributed by atoms with E-state index in [-0.39, 0.29) is 17.9 Å². The van der Waals surface area contributed by atoms with Gasteiger partial charge in [0.2, 0.25) is 0 Å². The maximum atomic E-state index is 14.8. The van der Waals surface area contributed by atoms with E-state index in [9.17, 15) is 4.39 Å². The molecule has 4 nitrogen and oxygen atoms in total. The first kappa shape index (κ1) is 22.3. The summed E-state index contributed by atoms with van der Waals surface area (Å²) in [6, 6.07) is 21.1. The van der Waals surface area contributed by atoms with Crippen LogP contribution in [0.15, 0.2) is 72.9 Å². The Morgan fingerprint density at radius 2 is 1.62 bits per heavy atom. The number of anilines is 1. The summed E-state index contributed by atoms with van der Waals surface area (Å²) < 4.78 is 16.8. The van der Waals surface area contributed by atoms with E-state index >= 15 is 0 Å².